The van der Waals surface area contributed by atoms with Crippen molar-refractivity contribution in [2.24, 2.45) is 0 Å². The summed E-state index contributed by atoms with van der Waals surface area (Å²) in [5.74, 6) is -0.552. The summed E-state index contributed by atoms with van der Waals surface area (Å²) in [4.78, 5) is 29.0. The number of para-hydroxylation sites is 1. The maximum atomic E-state index is 12.6. The van der Waals surface area contributed by atoms with Gasteiger partial charge >= 0.3 is 0 Å². The zero-order valence-corrected chi connectivity index (χ0v) is 15.4. The van der Waals surface area contributed by atoms with Gasteiger partial charge < -0.3 is 10.6 Å². The van der Waals surface area contributed by atoms with Gasteiger partial charge in [-0.05, 0) is 57.4 Å². The lowest BCUT2D eigenvalue weighted by molar-refractivity contribution is 0.0919. The van der Waals surface area contributed by atoms with Crippen molar-refractivity contribution in [2.75, 3.05) is 5.32 Å². The van der Waals surface area contributed by atoms with Crippen molar-refractivity contribution in [2.45, 2.75) is 46.6 Å². The molecular formula is C20H25N3O2. The SMILES string of the molecule is CCc1cccc(C)c1NC(=O)c1cc(C(=O)NC(C)(C)C)ccn1. The van der Waals surface area contributed by atoms with Crippen LogP contribution in [0, 0.1) is 6.92 Å². The van der Waals surface area contributed by atoms with Crippen LogP contribution >= 0.6 is 0 Å². The van der Waals surface area contributed by atoms with Crippen LogP contribution < -0.4 is 10.6 Å². The predicted molar refractivity (Wildman–Crippen MR) is 100.0 cm³/mol. The van der Waals surface area contributed by atoms with E-state index in [9.17, 15) is 9.59 Å². The number of hydrogen-bond donors (Lipinski definition) is 2. The van der Waals surface area contributed by atoms with E-state index in [2.05, 4.69) is 15.6 Å². The fraction of sp³-hybridized carbons (Fsp3) is 0.350. The molecule has 2 amide bonds. The maximum Gasteiger partial charge on any atom is 0.274 e. The fourth-order valence-electron chi connectivity index (χ4n) is 2.49. The number of amides is 2. The Hall–Kier alpha value is -2.69. The zero-order chi connectivity index (χ0) is 18.6. The van der Waals surface area contributed by atoms with Gasteiger partial charge in [0, 0.05) is 23.0 Å². The summed E-state index contributed by atoms with van der Waals surface area (Å²) in [5.41, 5.74) is 3.15. The molecule has 0 bridgehead atoms. The summed E-state index contributed by atoms with van der Waals surface area (Å²) in [6.07, 6.45) is 2.30. The van der Waals surface area contributed by atoms with Gasteiger partial charge in [-0.1, -0.05) is 25.1 Å². The van der Waals surface area contributed by atoms with Crippen LogP contribution in [0.4, 0.5) is 5.69 Å². The van der Waals surface area contributed by atoms with E-state index >= 15 is 0 Å². The highest BCUT2D eigenvalue weighted by molar-refractivity contribution is 6.05. The predicted octanol–water partition coefficient (Wildman–Crippen LogP) is 3.73. The molecule has 1 aromatic carbocycles. The summed E-state index contributed by atoms with van der Waals surface area (Å²) in [7, 11) is 0. The number of carbonyl (C=O) groups excluding carboxylic acids is 2. The topological polar surface area (TPSA) is 71.1 Å². The second-order valence-corrected chi connectivity index (χ2v) is 7.05. The molecule has 0 saturated heterocycles. The molecule has 5 nitrogen and oxygen atoms in total. The molecule has 2 aromatic rings. The normalized spacial score (nSPS) is 11.1. The van der Waals surface area contributed by atoms with Gasteiger partial charge in [0.05, 0.1) is 0 Å². The molecule has 2 rings (SSSR count). The molecule has 0 spiro atoms. The molecular weight excluding hydrogens is 314 g/mol. The second-order valence-electron chi connectivity index (χ2n) is 7.05. The summed E-state index contributed by atoms with van der Waals surface area (Å²) in [6, 6.07) is 9.03. The maximum absolute atomic E-state index is 12.6. The van der Waals surface area contributed by atoms with E-state index in [1.807, 2.05) is 52.8 Å². The van der Waals surface area contributed by atoms with Crippen molar-refractivity contribution >= 4 is 17.5 Å². The van der Waals surface area contributed by atoms with Gasteiger partial charge in [0.25, 0.3) is 11.8 Å². The Labute approximate surface area is 148 Å². The summed E-state index contributed by atoms with van der Waals surface area (Å²) < 4.78 is 0. The van der Waals surface area contributed by atoms with Gasteiger partial charge in [-0.15, -0.1) is 0 Å². The van der Waals surface area contributed by atoms with E-state index < -0.39 is 0 Å². The third kappa shape index (κ3) is 4.89. The van der Waals surface area contributed by atoms with Crippen LogP contribution in [-0.4, -0.2) is 22.3 Å². The first-order chi connectivity index (χ1) is 11.7. The third-order valence-corrected chi connectivity index (χ3v) is 3.72. The Morgan fingerprint density at radius 3 is 2.48 bits per heavy atom. The van der Waals surface area contributed by atoms with E-state index in [4.69, 9.17) is 0 Å². The Kier molecular flexibility index (Phi) is 5.57. The average Bonchev–Trinajstić information content (AvgIpc) is 2.55. The van der Waals surface area contributed by atoms with E-state index in [0.29, 0.717) is 5.56 Å². The van der Waals surface area contributed by atoms with Crippen LogP contribution in [-0.2, 0) is 6.42 Å². The van der Waals surface area contributed by atoms with Crippen molar-refractivity contribution in [3.63, 3.8) is 0 Å². The number of nitrogens with zero attached hydrogens (tertiary/aromatic N) is 1. The van der Waals surface area contributed by atoms with E-state index in [1.54, 1.807) is 6.07 Å². The van der Waals surface area contributed by atoms with Crippen molar-refractivity contribution in [3.05, 3.63) is 58.9 Å². The Balaban J connectivity index is 2.24. The number of carbonyl (C=O) groups is 2. The first-order valence-corrected chi connectivity index (χ1v) is 8.39. The van der Waals surface area contributed by atoms with Crippen LogP contribution in [0.5, 0.6) is 0 Å². The number of aryl methyl sites for hydroxylation is 2. The van der Waals surface area contributed by atoms with Crippen molar-refractivity contribution in [1.29, 1.82) is 0 Å². The molecule has 25 heavy (non-hydrogen) atoms. The van der Waals surface area contributed by atoms with Crippen molar-refractivity contribution in [3.8, 4) is 0 Å². The molecule has 132 valence electrons. The quantitative estimate of drug-likeness (QED) is 0.891. The minimum absolute atomic E-state index is 0.215. The van der Waals surface area contributed by atoms with Gasteiger partial charge in [0.15, 0.2) is 0 Å². The molecule has 0 aliphatic rings. The van der Waals surface area contributed by atoms with Crippen LogP contribution in [0.25, 0.3) is 0 Å². The number of rotatable bonds is 4. The zero-order valence-electron chi connectivity index (χ0n) is 15.4. The number of aromatic nitrogens is 1. The fourth-order valence-corrected chi connectivity index (χ4v) is 2.49. The Bertz CT molecular complexity index is 792. The number of benzene rings is 1. The van der Waals surface area contributed by atoms with E-state index in [1.165, 1.54) is 12.3 Å². The van der Waals surface area contributed by atoms with Crippen molar-refractivity contribution < 1.29 is 9.59 Å². The first kappa shape index (κ1) is 18.6. The highest BCUT2D eigenvalue weighted by atomic mass is 16.2. The first-order valence-electron chi connectivity index (χ1n) is 8.39. The second kappa shape index (κ2) is 7.47. The molecule has 0 unspecified atom stereocenters. The molecule has 1 aromatic heterocycles. The molecule has 0 aliphatic heterocycles. The van der Waals surface area contributed by atoms with Crippen LogP contribution in [0.2, 0.25) is 0 Å². The molecule has 0 saturated carbocycles. The smallest absolute Gasteiger partial charge is 0.274 e. The largest absolute Gasteiger partial charge is 0.347 e. The summed E-state index contributed by atoms with van der Waals surface area (Å²) >= 11 is 0. The van der Waals surface area contributed by atoms with E-state index in [0.717, 1.165) is 23.2 Å². The molecule has 5 heteroatoms. The van der Waals surface area contributed by atoms with E-state index in [-0.39, 0.29) is 23.0 Å². The van der Waals surface area contributed by atoms with Gasteiger partial charge in [-0.25, -0.2) is 0 Å². The standard InChI is InChI=1S/C20H25N3O2/c1-6-14-9-7-8-13(2)17(14)22-19(25)16-12-15(10-11-21-16)18(24)23-20(3,4)5/h7-12H,6H2,1-5H3,(H,22,25)(H,23,24). The number of anilines is 1. The van der Waals surface area contributed by atoms with Crippen molar-refractivity contribution in [1.82, 2.24) is 10.3 Å². The van der Waals surface area contributed by atoms with Crippen LogP contribution in [0.3, 0.4) is 0 Å². The summed E-state index contributed by atoms with van der Waals surface area (Å²) in [5, 5.41) is 5.81. The highest BCUT2D eigenvalue weighted by Crippen LogP contribution is 2.21. The molecule has 1 heterocycles. The lowest BCUT2D eigenvalue weighted by Gasteiger charge is -2.20. The molecule has 0 aliphatic carbocycles. The minimum atomic E-state index is -0.347. The molecule has 0 fully saturated rings. The third-order valence-electron chi connectivity index (χ3n) is 3.72. The molecule has 2 N–H and O–H groups in total. The minimum Gasteiger partial charge on any atom is -0.347 e. The van der Waals surface area contributed by atoms with Crippen LogP contribution in [0.15, 0.2) is 36.5 Å². The van der Waals surface area contributed by atoms with Gasteiger partial charge in [-0.2, -0.15) is 0 Å². The van der Waals surface area contributed by atoms with Gasteiger partial charge in [-0.3, -0.25) is 14.6 Å². The van der Waals surface area contributed by atoms with Gasteiger partial charge in [0.2, 0.25) is 0 Å². The lowest BCUT2D eigenvalue weighted by Crippen LogP contribution is -2.40. The number of pyridine rings is 1. The summed E-state index contributed by atoms with van der Waals surface area (Å²) in [6.45, 7) is 9.72. The van der Waals surface area contributed by atoms with Crippen LogP contribution in [0.1, 0.15) is 59.7 Å². The Morgan fingerprint density at radius 1 is 1.12 bits per heavy atom. The molecule has 0 radical (unpaired) electrons. The highest BCUT2D eigenvalue weighted by Gasteiger charge is 2.18. The number of hydrogen-bond acceptors (Lipinski definition) is 3. The Morgan fingerprint density at radius 2 is 1.84 bits per heavy atom. The lowest BCUT2D eigenvalue weighted by atomic mass is 10.1. The van der Waals surface area contributed by atoms with Gasteiger partial charge in [0.1, 0.15) is 5.69 Å². The average molecular weight is 339 g/mol. The number of nitrogens with one attached hydrogen (secondary N) is 2. The monoisotopic (exact) mass is 339 g/mol. The molecule has 0 atom stereocenters.